The summed E-state index contributed by atoms with van der Waals surface area (Å²) in [5.74, 6) is 1.27. The van der Waals surface area contributed by atoms with Gasteiger partial charge in [-0.3, -0.25) is 9.36 Å². The highest BCUT2D eigenvalue weighted by atomic mass is 35.5. The van der Waals surface area contributed by atoms with Crippen LogP contribution in [0.15, 0.2) is 64.0 Å². The summed E-state index contributed by atoms with van der Waals surface area (Å²) in [5, 5.41) is 0.323. The fourth-order valence-electron chi connectivity index (χ4n) is 4.57. The second-order valence-corrected chi connectivity index (χ2v) is 10.9. The first-order valence-corrected chi connectivity index (χ1v) is 14.5. The smallest absolute Gasteiger partial charge is 0.338 e. The predicted molar refractivity (Wildman–Crippen MR) is 163 cm³/mol. The number of thiazole rings is 1. The molecule has 0 N–H and O–H groups in total. The molecule has 222 valence electrons. The Hall–Kier alpha value is -4.02. The zero-order valence-corrected chi connectivity index (χ0v) is 25.9. The van der Waals surface area contributed by atoms with E-state index in [1.807, 2.05) is 19.9 Å². The fourth-order valence-corrected chi connectivity index (χ4v) is 5.89. The number of aromatic nitrogens is 1. The third-order valence-corrected chi connectivity index (χ3v) is 7.54. The Labute approximate surface area is 252 Å². The van der Waals surface area contributed by atoms with E-state index in [9.17, 15) is 9.59 Å². The van der Waals surface area contributed by atoms with Gasteiger partial charge in [0.05, 0.1) is 53.8 Å². The summed E-state index contributed by atoms with van der Waals surface area (Å²) >= 11 is 7.70. The van der Waals surface area contributed by atoms with Gasteiger partial charge in [0.2, 0.25) is 0 Å². The van der Waals surface area contributed by atoms with Crippen molar-refractivity contribution in [3.63, 3.8) is 0 Å². The van der Waals surface area contributed by atoms with Gasteiger partial charge in [0, 0.05) is 0 Å². The standard InChI is InChI=1S/C31H33ClN2O7S/c1-8-12-40-28-21(32)13-19(14-24(28)38-7)15-25-29(35)34-27(20-10-11-22(41-17(3)4)23(16-20)37-6)26(30(36)39-9-2)18(5)33-31(34)42-25/h8,10-11,13-17,27H,1,9,12H2,2-7H3/b25-15-/t27-/m0/s1. The summed E-state index contributed by atoms with van der Waals surface area (Å²) < 4.78 is 29.9. The molecule has 0 radical (unpaired) electrons. The number of hydrogen-bond acceptors (Lipinski definition) is 9. The van der Waals surface area contributed by atoms with Gasteiger partial charge in [0.1, 0.15) is 6.61 Å². The maximum Gasteiger partial charge on any atom is 0.338 e. The minimum Gasteiger partial charge on any atom is -0.493 e. The molecule has 2 heterocycles. The van der Waals surface area contributed by atoms with Crippen molar-refractivity contribution in [2.45, 2.75) is 39.8 Å². The van der Waals surface area contributed by atoms with Crippen LogP contribution in [-0.4, -0.2) is 44.1 Å². The van der Waals surface area contributed by atoms with Gasteiger partial charge in [-0.05, 0) is 69.2 Å². The average Bonchev–Trinajstić information content (AvgIpc) is 3.25. The molecule has 11 heteroatoms. The average molecular weight is 613 g/mol. The van der Waals surface area contributed by atoms with Gasteiger partial charge in [0.15, 0.2) is 27.8 Å². The summed E-state index contributed by atoms with van der Waals surface area (Å²) in [7, 11) is 3.05. The summed E-state index contributed by atoms with van der Waals surface area (Å²) in [6.45, 7) is 11.4. The molecule has 1 aliphatic rings. The van der Waals surface area contributed by atoms with Crippen LogP contribution in [0.1, 0.15) is 44.9 Å². The van der Waals surface area contributed by atoms with Crippen molar-refractivity contribution in [2.75, 3.05) is 27.4 Å². The number of nitrogens with zero attached hydrogens (tertiary/aromatic N) is 2. The van der Waals surface area contributed by atoms with E-state index in [0.717, 1.165) is 0 Å². The van der Waals surface area contributed by atoms with Crippen LogP contribution in [0.5, 0.6) is 23.0 Å². The van der Waals surface area contributed by atoms with Crippen molar-refractivity contribution < 1.29 is 28.5 Å². The monoisotopic (exact) mass is 612 g/mol. The minimum atomic E-state index is -0.808. The molecule has 0 aliphatic carbocycles. The molecule has 1 aromatic heterocycles. The van der Waals surface area contributed by atoms with Crippen LogP contribution in [0.4, 0.5) is 0 Å². The number of fused-ring (bicyclic) bond motifs is 1. The zero-order valence-electron chi connectivity index (χ0n) is 24.4. The Morgan fingerprint density at radius 2 is 1.90 bits per heavy atom. The molecule has 2 aromatic carbocycles. The van der Waals surface area contributed by atoms with E-state index < -0.39 is 12.0 Å². The molecule has 0 amide bonds. The molecular weight excluding hydrogens is 580 g/mol. The summed E-state index contributed by atoms with van der Waals surface area (Å²) in [6, 6.07) is 7.96. The Morgan fingerprint density at radius 3 is 2.55 bits per heavy atom. The van der Waals surface area contributed by atoms with Crippen molar-refractivity contribution in [3.8, 4) is 23.0 Å². The maximum absolute atomic E-state index is 14.0. The van der Waals surface area contributed by atoms with E-state index in [1.54, 1.807) is 50.3 Å². The molecule has 0 unspecified atom stereocenters. The molecule has 4 rings (SSSR count). The topological polar surface area (TPSA) is 97.6 Å². The first-order chi connectivity index (χ1) is 20.1. The maximum atomic E-state index is 14.0. The number of benzene rings is 2. The van der Waals surface area contributed by atoms with Crippen molar-refractivity contribution in [3.05, 3.63) is 90.1 Å². The SMILES string of the molecule is C=CCOc1c(Cl)cc(/C=c2\sc3n(c2=O)[C@@H](c2ccc(OC(C)C)c(OC)c2)C(C(=O)OCC)=C(C)N=3)cc1OC. The first-order valence-electron chi connectivity index (χ1n) is 13.3. The molecule has 1 aliphatic heterocycles. The van der Waals surface area contributed by atoms with Crippen molar-refractivity contribution >= 4 is 35.0 Å². The highest BCUT2D eigenvalue weighted by Crippen LogP contribution is 2.38. The molecule has 0 bridgehead atoms. The van der Waals surface area contributed by atoms with Gasteiger partial charge in [-0.15, -0.1) is 0 Å². The lowest BCUT2D eigenvalue weighted by Crippen LogP contribution is -2.40. The fraction of sp³-hybridized carbons (Fsp3) is 0.323. The normalized spacial score (nSPS) is 14.8. The van der Waals surface area contributed by atoms with Crippen LogP contribution in [-0.2, 0) is 9.53 Å². The zero-order chi connectivity index (χ0) is 30.6. The van der Waals surface area contributed by atoms with Gasteiger partial charge in [-0.1, -0.05) is 41.7 Å². The van der Waals surface area contributed by atoms with Gasteiger partial charge in [0.25, 0.3) is 5.56 Å². The third kappa shape index (κ3) is 6.24. The van der Waals surface area contributed by atoms with E-state index in [0.29, 0.717) is 54.2 Å². The van der Waals surface area contributed by atoms with Gasteiger partial charge < -0.3 is 23.7 Å². The van der Waals surface area contributed by atoms with E-state index in [-0.39, 0.29) is 30.5 Å². The molecule has 9 nitrogen and oxygen atoms in total. The first kappa shape index (κ1) is 30.9. The summed E-state index contributed by atoms with van der Waals surface area (Å²) in [4.78, 5) is 32.3. The van der Waals surface area contributed by atoms with Gasteiger partial charge in [-0.25, -0.2) is 9.79 Å². The summed E-state index contributed by atoms with van der Waals surface area (Å²) in [5.41, 5.74) is 1.66. The number of hydrogen-bond donors (Lipinski definition) is 0. The number of rotatable bonds is 11. The highest BCUT2D eigenvalue weighted by molar-refractivity contribution is 7.07. The van der Waals surface area contributed by atoms with Crippen LogP contribution in [0, 0.1) is 0 Å². The second-order valence-electron chi connectivity index (χ2n) is 9.51. The van der Waals surface area contributed by atoms with Crippen LogP contribution < -0.4 is 33.8 Å². The number of halogens is 1. The van der Waals surface area contributed by atoms with Crippen LogP contribution in [0.2, 0.25) is 5.02 Å². The summed E-state index contributed by atoms with van der Waals surface area (Å²) in [6.07, 6.45) is 3.23. The lowest BCUT2D eigenvalue weighted by molar-refractivity contribution is -0.139. The van der Waals surface area contributed by atoms with Crippen molar-refractivity contribution in [1.29, 1.82) is 0 Å². The van der Waals surface area contributed by atoms with E-state index in [2.05, 4.69) is 11.6 Å². The molecular formula is C31H33ClN2O7S. The van der Waals surface area contributed by atoms with Crippen molar-refractivity contribution in [1.82, 2.24) is 4.57 Å². The van der Waals surface area contributed by atoms with Crippen LogP contribution in [0.3, 0.4) is 0 Å². The van der Waals surface area contributed by atoms with Gasteiger partial charge >= 0.3 is 5.97 Å². The molecule has 0 fully saturated rings. The predicted octanol–water partition coefficient (Wildman–Crippen LogP) is 4.82. The van der Waals surface area contributed by atoms with E-state index >= 15 is 0 Å². The number of carbonyl (C=O) groups is 1. The Morgan fingerprint density at radius 1 is 1.17 bits per heavy atom. The van der Waals surface area contributed by atoms with E-state index in [1.165, 1.54) is 30.1 Å². The number of esters is 1. The second kappa shape index (κ2) is 13.3. The largest absolute Gasteiger partial charge is 0.493 e. The Balaban J connectivity index is 1.92. The molecule has 0 saturated heterocycles. The molecule has 1 atom stereocenters. The van der Waals surface area contributed by atoms with Crippen molar-refractivity contribution in [2.24, 2.45) is 4.99 Å². The third-order valence-electron chi connectivity index (χ3n) is 6.28. The minimum absolute atomic E-state index is 0.0746. The Kier molecular flexibility index (Phi) is 9.80. The quantitative estimate of drug-likeness (QED) is 0.226. The van der Waals surface area contributed by atoms with Gasteiger partial charge in [-0.2, -0.15) is 0 Å². The highest BCUT2D eigenvalue weighted by Gasteiger charge is 2.34. The molecule has 42 heavy (non-hydrogen) atoms. The molecule has 0 saturated carbocycles. The number of ether oxygens (including phenoxy) is 5. The Bertz CT molecular complexity index is 1720. The molecule has 3 aromatic rings. The molecule has 0 spiro atoms. The lowest BCUT2D eigenvalue weighted by Gasteiger charge is -2.25. The van der Waals surface area contributed by atoms with Crippen LogP contribution >= 0.6 is 22.9 Å². The van der Waals surface area contributed by atoms with Crippen LogP contribution in [0.25, 0.3) is 6.08 Å². The van der Waals surface area contributed by atoms with E-state index in [4.69, 9.17) is 35.3 Å². The number of allylic oxidation sites excluding steroid dienone is 1. The lowest BCUT2D eigenvalue weighted by atomic mass is 9.95. The number of carbonyl (C=O) groups excluding carboxylic acids is 1. The number of methoxy groups -OCH3 is 2.